The molecule has 0 unspecified atom stereocenters. The van der Waals surface area contributed by atoms with E-state index in [2.05, 4.69) is 5.32 Å². The Balaban J connectivity index is 2.76. The van der Waals surface area contributed by atoms with Gasteiger partial charge in [-0.15, -0.1) is 0 Å². The van der Waals surface area contributed by atoms with Crippen molar-refractivity contribution in [2.45, 2.75) is 0 Å². The highest BCUT2D eigenvalue weighted by atomic mass is 16.6. The van der Waals surface area contributed by atoms with Crippen LogP contribution in [0.1, 0.15) is 0 Å². The Morgan fingerprint density at radius 3 is 2.08 bits per heavy atom. The summed E-state index contributed by atoms with van der Waals surface area (Å²) in [7, 11) is 0. The van der Waals surface area contributed by atoms with Crippen LogP contribution in [0.3, 0.4) is 0 Å². The Bertz CT molecular complexity index is 867. The largest absolute Gasteiger partial charge is 0.508 e. The normalized spacial score (nSPS) is 10.2. The van der Waals surface area contributed by atoms with Crippen LogP contribution in [-0.4, -0.2) is 19.9 Å². The smallest absolute Gasteiger partial charge is 0.329 e. The summed E-state index contributed by atoms with van der Waals surface area (Å²) < 4.78 is 0. The van der Waals surface area contributed by atoms with Crippen LogP contribution in [0, 0.1) is 30.3 Å². The molecule has 124 valence electrons. The van der Waals surface area contributed by atoms with Gasteiger partial charge in [-0.2, -0.15) is 0 Å². The molecule has 0 atom stereocenters. The number of phenols is 1. The van der Waals surface area contributed by atoms with Gasteiger partial charge >= 0.3 is 17.1 Å². The van der Waals surface area contributed by atoms with E-state index in [1.54, 1.807) is 0 Å². The summed E-state index contributed by atoms with van der Waals surface area (Å²) in [5.74, 6) is -0.194. The summed E-state index contributed by atoms with van der Waals surface area (Å²) in [4.78, 5) is 30.2. The van der Waals surface area contributed by atoms with E-state index in [4.69, 9.17) is 5.73 Å². The topological polar surface area (TPSA) is 188 Å². The standard InChI is InChI=1S/C12H9N5O7/c13-10-8(15(19)20)5-9(16(21)22)11(12(10)17(23)24)14-6-2-1-3-7(18)4-6/h1-5,14,18H,13H2. The van der Waals surface area contributed by atoms with Crippen LogP contribution in [-0.2, 0) is 0 Å². The van der Waals surface area contributed by atoms with E-state index in [9.17, 15) is 35.4 Å². The average molecular weight is 335 g/mol. The zero-order valence-corrected chi connectivity index (χ0v) is 11.7. The van der Waals surface area contributed by atoms with Crippen molar-refractivity contribution in [3.63, 3.8) is 0 Å². The molecule has 2 aromatic rings. The van der Waals surface area contributed by atoms with Crippen LogP contribution in [0.4, 0.5) is 34.1 Å². The lowest BCUT2D eigenvalue weighted by atomic mass is 10.1. The number of anilines is 3. The quantitative estimate of drug-likeness (QED) is 0.418. The second-order valence-corrected chi connectivity index (χ2v) is 4.50. The maximum absolute atomic E-state index is 11.2. The molecule has 0 saturated carbocycles. The average Bonchev–Trinajstić information content (AvgIpc) is 2.46. The lowest BCUT2D eigenvalue weighted by Crippen LogP contribution is -2.07. The van der Waals surface area contributed by atoms with Crippen molar-refractivity contribution in [3.05, 3.63) is 60.7 Å². The van der Waals surface area contributed by atoms with Crippen molar-refractivity contribution in [2.75, 3.05) is 11.1 Å². The number of nitrogens with two attached hydrogens (primary N) is 1. The predicted octanol–water partition coefficient (Wildman–Crippen LogP) is 2.44. The predicted molar refractivity (Wildman–Crippen MR) is 82.2 cm³/mol. The van der Waals surface area contributed by atoms with Crippen LogP contribution in [0.5, 0.6) is 5.75 Å². The molecule has 12 nitrogen and oxygen atoms in total. The van der Waals surface area contributed by atoms with Gasteiger partial charge in [-0.3, -0.25) is 30.3 Å². The summed E-state index contributed by atoms with van der Waals surface area (Å²) in [6.45, 7) is 0. The number of hydrogen-bond acceptors (Lipinski definition) is 9. The van der Waals surface area contributed by atoms with E-state index in [1.807, 2.05) is 0 Å². The Morgan fingerprint density at radius 2 is 1.58 bits per heavy atom. The van der Waals surface area contributed by atoms with Gasteiger partial charge in [-0.05, 0) is 12.1 Å². The molecule has 24 heavy (non-hydrogen) atoms. The van der Waals surface area contributed by atoms with Gasteiger partial charge in [0.05, 0.1) is 20.8 Å². The van der Waals surface area contributed by atoms with Gasteiger partial charge < -0.3 is 16.2 Å². The van der Waals surface area contributed by atoms with Crippen LogP contribution < -0.4 is 11.1 Å². The van der Waals surface area contributed by atoms with Gasteiger partial charge in [0.15, 0.2) is 11.4 Å². The van der Waals surface area contributed by atoms with Crippen molar-refractivity contribution in [1.82, 2.24) is 0 Å². The highest BCUT2D eigenvalue weighted by Gasteiger charge is 2.35. The van der Waals surface area contributed by atoms with Crippen molar-refractivity contribution in [1.29, 1.82) is 0 Å². The molecule has 2 aromatic carbocycles. The minimum Gasteiger partial charge on any atom is -0.508 e. The molecule has 2 rings (SSSR count). The number of benzene rings is 2. The molecular formula is C12H9N5O7. The maximum atomic E-state index is 11.2. The minimum atomic E-state index is -1.06. The number of hydrogen-bond donors (Lipinski definition) is 3. The lowest BCUT2D eigenvalue weighted by molar-refractivity contribution is -0.400. The molecule has 0 amide bonds. The zero-order chi connectivity index (χ0) is 18.0. The fourth-order valence-corrected chi connectivity index (χ4v) is 1.99. The molecule has 0 fully saturated rings. The number of rotatable bonds is 5. The first-order valence-electron chi connectivity index (χ1n) is 6.18. The van der Waals surface area contributed by atoms with Gasteiger partial charge in [0.2, 0.25) is 0 Å². The SMILES string of the molecule is Nc1c([N+](=O)[O-])cc([N+](=O)[O-])c(Nc2cccc(O)c2)c1[N+](=O)[O-]. The number of phenolic OH excluding ortho intramolecular Hbond substituents is 1. The van der Waals surface area contributed by atoms with E-state index in [-0.39, 0.29) is 11.4 Å². The monoisotopic (exact) mass is 335 g/mol. The number of aromatic hydroxyl groups is 1. The summed E-state index contributed by atoms with van der Waals surface area (Å²) >= 11 is 0. The third kappa shape index (κ3) is 2.96. The Morgan fingerprint density at radius 1 is 0.958 bits per heavy atom. The number of nitrogens with one attached hydrogen (secondary N) is 1. The summed E-state index contributed by atoms with van der Waals surface area (Å²) in [5, 5.41) is 45.1. The van der Waals surface area contributed by atoms with Gasteiger partial charge in [0, 0.05) is 11.8 Å². The molecular weight excluding hydrogens is 326 g/mol. The second-order valence-electron chi connectivity index (χ2n) is 4.50. The van der Waals surface area contributed by atoms with Gasteiger partial charge in [0.1, 0.15) is 5.75 Å². The lowest BCUT2D eigenvalue weighted by Gasteiger charge is -2.10. The van der Waals surface area contributed by atoms with Crippen molar-refractivity contribution in [3.8, 4) is 5.75 Å². The second kappa shape index (κ2) is 6.04. The summed E-state index contributed by atoms with van der Waals surface area (Å²) in [6.07, 6.45) is 0. The molecule has 4 N–H and O–H groups in total. The number of nitro benzene ring substituents is 3. The Kier molecular flexibility index (Phi) is 4.13. The molecule has 0 saturated heterocycles. The van der Waals surface area contributed by atoms with Crippen LogP contribution in [0.15, 0.2) is 30.3 Å². The molecule has 0 aliphatic carbocycles. The molecule has 0 aromatic heterocycles. The third-order valence-corrected chi connectivity index (χ3v) is 2.99. The molecule has 0 aliphatic heterocycles. The van der Waals surface area contributed by atoms with Gasteiger partial charge in [0.25, 0.3) is 0 Å². The fraction of sp³-hybridized carbons (Fsp3) is 0. The van der Waals surface area contributed by atoms with Crippen molar-refractivity contribution < 1.29 is 19.9 Å². The Hall–Kier alpha value is -3.96. The van der Waals surface area contributed by atoms with Crippen molar-refractivity contribution in [2.24, 2.45) is 0 Å². The van der Waals surface area contributed by atoms with Crippen LogP contribution in [0.2, 0.25) is 0 Å². The van der Waals surface area contributed by atoms with Gasteiger partial charge in [-0.1, -0.05) is 6.07 Å². The highest BCUT2D eigenvalue weighted by molar-refractivity contribution is 5.91. The highest BCUT2D eigenvalue weighted by Crippen LogP contribution is 2.45. The molecule has 0 heterocycles. The summed E-state index contributed by atoms with van der Waals surface area (Å²) in [6, 6.07) is 5.78. The number of nitrogen functional groups attached to an aromatic ring is 1. The van der Waals surface area contributed by atoms with Crippen LogP contribution in [0.25, 0.3) is 0 Å². The number of nitro groups is 3. The summed E-state index contributed by atoms with van der Waals surface area (Å²) in [5.41, 5.74) is 1.24. The van der Waals surface area contributed by atoms with Gasteiger partial charge in [-0.25, -0.2) is 0 Å². The first-order chi connectivity index (χ1) is 11.2. The molecule has 0 bridgehead atoms. The Labute approximate surface area is 132 Å². The first kappa shape index (κ1) is 16.4. The third-order valence-electron chi connectivity index (χ3n) is 2.99. The van der Waals surface area contributed by atoms with Crippen LogP contribution >= 0.6 is 0 Å². The molecule has 0 aliphatic rings. The maximum Gasteiger partial charge on any atom is 0.329 e. The van der Waals surface area contributed by atoms with E-state index in [0.717, 1.165) is 6.07 Å². The first-order valence-corrected chi connectivity index (χ1v) is 6.18. The fourth-order valence-electron chi connectivity index (χ4n) is 1.99. The van der Waals surface area contributed by atoms with E-state index < -0.39 is 43.2 Å². The van der Waals surface area contributed by atoms with E-state index >= 15 is 0 Å². The molecule has 12 heteroatoms. The van der Waals surface area contributed by atoms with E-state index in [0.29, 0.717) is 6.07 Å². The van der Waals surface area contributed by atoms with E-state index in [1.165, 1.54) is 18.2 Å². The molecule has 0 spiro atoms. The zero-order valence-electron chi connectivity index (χ0n) is 11.7. The van der Waals surface area contributed by atoms with Crippen molar-refractivity contribution >= 4 is 34.1 Å². The minimum absolute atomic E-state index is 0.0921. The number of nitrogens with zero attached hydrogens (tertiary/aromatic N) is 3. The molecule has 0 radical (unpaired) electrons.